The van der Waals surface area contributed by atoms with E-state index in [4.69, 9.17) is 11.6 Å². The number of hydrogen-bond acceptors (Lipinski definition) is 3. The molecule has 0 bridgehead atoms. The van der Waals surface area contributed by atoms with Gasteiger partial charge in [0.2, 0.25) is 0 Å². The Hall–Kier alpha value is -2.31. The van der Waals surface area contributed by atoms with Crippen LogP contribution in [0.1, 0.15) is 26.5 Å². The molecule has 3 rings (SSSR count). The van der Waals surface area contributed by atoms with Crippen molar-refractivity contribution in [2.45, 2.75) is 31.1 Å². The number of anilines is 1. The van der Waals surface area contributed by atoms with Gasteiger partial charge in [-0.1, -0.05) is 62.7 Å². The Kier molecular flexibility index (Phi) is 4.82. The topological polar surface area (TPSA) is 64.0 Å². The summed E-state index contributed by atoms with van der Waals surface area (Å²) in [6, 6.07) is 16.1. The van der Waals surface area contributed by atoms with E-state index >= 15 is 0 Å². The largest absolute Gasteiger partial charge is 0.278 e. The summed E-state index contributed by atoms with van der Waals surface area (Å²) in [6.45, 7) is 5.79. The molecule has 0 aliphatic rings. The molecule has 7 heteroatoms. The maximum atomic E-state index is 13.0. The number of nitrogens with zero attached hydrogens (tertiary/aromatic N) is 2. The van der Waals surface area contributed by atoms with Crippen LogP contribution in [0.5, 0.6) is 0 Å². The lowest BCUT2D eigenvalue weighted by Crippen LogP contribution is -2.20. The molecule has 1 N–H and O–H groups in total. The fourth-order valence-corrected chi connectivity index (χ4v) is 4.19. The fourth-order valence-electron chi connectivity index (χ4n) is 2.53. The summed E-state index contributed by atoms with van der Waals surface area (Å²) in [4.78, 5) is 0.133. The Balaban J connectivity index is 2.11. The van der Waals surface area contributed by atoms with Gasteiger partial charge >= 0.3 is 0 Å². The second-order valence-electron chi connectivity index (χ2n) is 6.96. The van der Waals surface area contributed by atoms with Gasteiger partial charge in [0, 0.05) is 5.41 Å². The number of sulfonamides is 1. The molecule has 0 fully saturated rings. The molecular weight excluding hydrogens is 370 g/mol. The highest BCUT2D eigenvalue weighted by atomic mass is 35.5. The first kappa shape index (κ1) is 18.5. The third kappa shape index (κ3) is 3.76. The first-order valence-electron chi connectivity index (χ1n) is 8.11. The van der Waals surface area contributed by atoms with Crippen LogP contribution in [-0.2, 0) is 15.4 Å². The van der Waals surface area contributed by atoms with E-state index in [0.29, 0.717) is 16.4 Å². The predicted molar refractivity (Wildman–Crippen MR) is 105 cm³/mol. The predicted octanol–water partition coefficient (Wildman–Crippen LogP) is 4.62. The lowest BCUT2D eigenvalue weighted by atomic mass is 9.92. The van der Waals surface area contributed by atoms with E-state index in [-0.39, 0.29) is 4.90 Å². The second kappa shape index (κ2) is 6.78. The summed E-state index contributed by atoms with van der Waals surface area (Å²) < 4.78 is 30.2. The molecule has 26 heavy (non-hydrogen) atoms. The highest BCUT2D eigenvalue weighted by molar-refractivity contribution is 7.92. The molecule has 136 valence electrons. The molecule has 0 spiro atoms. The van der Waals surface area contributed by atoms with Crippen molar-refractivity contribution in [3.8, 4) is 5.69 Å². The van der Waals surface area contributed by atoms with Crippen LogP contribution >= 0.6 is 11.6 Å². The maximum Gasteiger partial charge on any atom is 0.265 e. The van der Waals surface area contributed by atoms with Gasteiger partial charge < -0.3 is 0 Å². The van der Waals surface area contributed by atoms with E-state index in [1.165, 1.54) is 6.20 Å². The van der Waals surface area contributed by atoms with Gasteiger partial charge in [-0.2, -0.15) is 5.10 Å². The summed E-state index contributed by atoms with van der Waals surface area (Å²) in [5, 5.41) is 4.88. The zero-order chi connectivity index (χ0) is 18.9. The van der Waals surface area contributed by atoms with Crippen molar-refractivity contribution in [2.75, 3.05) is 4.72 Å². The molecule has 0 unspecified atom stereocenters. The van der Waals surface area contributed by atoms with E-state index < -0.39 is 15.4 Å². The average Bonchev–Trinajstić information content (AvgIpc) is 3.04. The van der Waals surface area contributed by atoms with Crippen molar-refractivity contribution in [1.29, 1.82) is 0 Å². The van der Waals surface area contributed by atoms with Crippen molar-refractivity contribution in [3.63, 3.8) is 0 Å². The van der Waals surface area contributed by atoms with Crippen molar-refractivity contribution < 1.29 is 8.42 Å². The maximum absolute atomic E-state index is 13.0. The summed E-state index contributed by atoms with van der Waals surface area (Å²) in [6.07, 6.45) is 1.54. The first-order valence-corrected chi connectivity index (χ1v) is 9.97. The Morgan fingerprint density at radius 1 is 1.00 bits per heavy atom. The van der Waals surface area contributed by atoms with Crippen LogP contribution in [0.25, 0.3) is 5.69 Å². The normalized spacial score (nSPS) is 12.2. The van der Waals surface area contributed by atoms with Crippen LogP contribution in [-0.4, -0.2) is 18.2 Å². The van der Waals surface area contributed by atoms with E-state index in [1.54, 1.807) is 28.9 Å². The van der Waals surface area contributed by atoms with E-state index in [2.05, 4.69) is 9.82 Å². The quantitative estimate of drug-likeness (QED) is 0.707. The Bertz CT molecular complexity index is 1020. The zero-order valence-corrected chi connectivity index (χ0v) is 16.3. The number of halogens is 1. The standard InChI is InChI=1S/C19H20ClN3O2S/c1-19(2,3)18-17(13-23(21-18)14-9-5-4-6-10-14)26(24,25)22-16-12-8-7-11-15(16)20/h4-13,22H,1-3H3. The van der Waals surface area contributed by atoms with Gasteiger partial charge in [0.15, 0.2) is 0 Å². The van der Waals surface area contributed by atoms with Gasteiger partial charge in [0.1, 0.15) is 4.90 Å². The van der Waals surface area contributed by atoms with Crippen LogP contribution in [0.4, 0.5) is 5.69 Å². The molecule has 5 nitrogen and oxygen atoms in total. The number of hydrogen-bond donors (Lipinski definition) is 1. The SMILES string of the molecule is CC(C)(C)c1nn(-c2ccccc2)cc1S(=O)(=O)Nc1ccccc1Cl. The summed E-state index contributed by atoms with van der Waals surface area (Å²) in [5.41, 5.74) is 1.16. The lowest BCUT2D eigenvalue weighted by molar-refractivity contribution is 0.543. The molecule has 1 aromatic heterocycles. The molecule has 3 aromatic rings. The van der Waals surface area contributed by atoms with Crippen LogP contribution in [0, 0.1) is 0 Å². The van der Waals surface area contributed by atoms with E-state index in [9.17, 15) is 8.42 Å². The number of para-hydroxylation sites is 2. The highest BCUT2D eigenvalue weighted by Crippen LogP contribution is 2.31. The van der Waals surface area contributed by atoms with E-state index in [1.807, 2.05) is 51.1 Å². The van der Waals surface area contributed by atoms with Crippen molar-refractivity contribution in [1.82, 2.24) is 9.78 Å². The molecule has 0 aliphatic carbocycles. The molecule has 0 atom stereocenters. The molecule has 0 radical (unpaired) electrons. The van der Waals surface area contributed by atoms with Crippen LogP contribution in [0.15, 0.2) is 65.7 Å². The summed E-state index contributed by atoms with van der Waals surface area (Å²) >= 11 is 6.10. The fraction of sp³-hybridized carbons (Fsp3) is 0.211. The van der Waals surface area contributed by atoms with Crippen molar-refractivity contribution in [2.24, 2.45) is 0 Å². The van der Waals surface area contributed by atoms with Crippen molar-refractivity contribution in [3.05, 3.63) is 71.5 Å². The highest BCUT2D eigenvalue weighted by Gasteiger charge is 2.30. The van der Waals surface area contributed by atoms with Crippen LogP contribution in [0.2, 0.25) is 5.02 Å². The zero-order valence-electron chi connectivity index (χ0n) is 14.8. The van der Waals surface area contributed by atoms with Gasteiger partial charge in [-0.05, 0) is 24.3 Å². The van der Waals surface area contributed by atoms with Crippen LogP contribution in [0.3, 0.4) is 0 Å². The Morgan fingerprint density at radius 2 is 1.62 bits per heavy atom. The molecule has 2 aromatic carbocycles. The minimum atomic E-state index is -3.85. The number of benzene rings is 2. The van der Waals surface area contributed by atoms with Gasteiger partial charge in [-0.3, -0.25) is 4.72 Å². The minimum absolute atomic E-state index is 0.133. The number of rotatable bonds is 4. The smallest absolute Gasteiger partial charge is 0.265 e. The van der Waals surface area contributed by atoms with Crippen LogP contribution < -0.4 is 4.72 Å². The minimum Gasteiger partial charge on any atom is -0.278 e. The molecule has 0 amide bonds. The molecule has 0 aliphatic heterocycles. The van der Waals surface area contributed by atoms with Gasteiger partial charge in [0.05, 0.1) is 28.3 Å². The summed E-state index contributed by atoms with van der Waals surface area (Å²) in [5.74, 6) is 0. The molecule has 1 heterocycles. The van der Waals surface area contributed by atoms with Gasteiger partial charge in [-0.15, -0.1) is 0 Å². The number of nitrogens with one attached hydrogen (secondary N) is 1. The third-order valence-corrected chi connectivity index (χ3v) is 5.52. The third-order valence-electron chi connectivity index (χ3n) is 3.82. The molecular formula is C19H20ClN3O2S. The molecule has 0 saturated carbocycles. The van der Waals surface area contributed by atoms with Crippen molar-refractivity contribution >= 4 is 27.3 Å². The first-order chi connectivity index (χ1) is 12.2. The second-order valence-corrected chi connectivity index (χ2v) is 9.02. The molecule has 0 saturated heterocycles. The summed E-state index contributed by atoms with van der Waals surface area (Å²) in [7, 11) is -3.85. The Labute approximate surface area is 158 Å². The Morgan fingerprint density at radius 3 is 2.23 bits per heavy atom. The monoisotopic (exact) mass is 389 g/mol. The van der Waals surface area contributed by atoms with Gasteiger partial charge in [-0.25, -0.2) is 13.1 Å². The lowest BCUT2D eigenvalue weighted by Gasteiger charge is -2.18. The number of aromatic nitrogens is 2. The van der Waals surface area contributed by atoms with Gasteiger partial charge in [0.25, 0.3) is 10.0 Å². The average molecular weight is 390 g/mol. The van der Waals surface area contributed by atoms with E-state index in [0.717, 1.165) is 5.69 Å².